The Morgan fingerprint density at radius 1 is 1.18 bits per heavy atom. The van der Waals surface area contributed by atoms with Crippen molar-refractivity contribution >= 4 is 11.8 Å². The Balaban J connectivity index is 2.08. The molecule has 0 aliphatic carbocycles. The molecule has 0 aliphatic heterocycles. The van der Waals surface area contributed by atoms with E-state index in [1.807, 2.05) is 6.08 Å². The van der Waals surface area contributed by atoms with Crippen molar-refractivity contribution in [2.24, 2.45) is 0 Å². The van der Waals surface area contributed by atoms with Gasteiger partial charge in [0.1, 0.15) is 6.61 Å². The third-order valence-corrected chi connectivity index (χ3v) is 4.44. The van der Waals surface area contributed by atoms with Gasteiger partial charge < -0.3 is 4.74 Å². The first kappa shape index (κ1) is 23.6. The number of carbonyl (C=O) groups excluding carboxylic acids is 1. The fourth-order valence-electron chi connectivity index (χ4n) is 2.85. The summed E-state index contributed by atoms with van der Waals surface area (Å²) in [5.41, 5.74) is 2.80. The van der Waals surface area contributed by atoms with E-state index in [-0.39, 0.29) is 18.2 Å². The number of nitro groups is 1. The van der Waals surface area contributed by atoms with Gasteiger partial charge in [-0.2, -0.15) is 5.48 Å². The van der Waals surface area contributed by atoms with Crippen LogP contribution in [0.25, 0.3) is 0 Å². The molecule has 0 radical (unpaired) electrons. The maximum Gasteiger partial charge on any atom is 0.431 e. The van der Waals surface area contributed by atoms with E-state index in [2.05, 4.69) is 12.1 Å². The van der Waals surface area contributed by atoms with Gasteiger partial charge in [0.25, 0.3) is 5.69 Å². The van der Waals surface area contributed by atoms with E-state index < -0.39 is 11.0 Å². The second-order valence-corrected chi connectivity index (χ2v) is 6.82. The molecule has 0 aliphatic rings. The predicted octanol–water partition coefficient (Wildman–Crippen LogP) is 5.66. The highest BCUT2D eigenvalue weighted by Gasteiger charge is 2.19. The van der Waals surface area contributed by atoms with E-state index in [0.717, 1.165) is 25.7 Å². The minimum absolute atomic E-state index is 0.0240. The summed E-state index contributed by atoms with van der Waals surface area (Å²) in [6, 6.07) is 6.44. The zero-order chi connectivity index (χ0) is 20.6. The summed E-state index contributed by atoms with van der Waals surface area (Å²) in [5.74, 6) is -0.293. The molecule has 1 aromatic rings. The van der Waals surface area contributed by atoms with Crippen LogP contribution >= 0.6 is 0 Å². The minimum Gasteiger partial charge on any atom is -0.447 e. The Morgan fingerprint density at radius 2 is 1.82 bits per heavy atom. The number of rotatable bonds is 15. The Hall–Kier alpha value is -2.41. The zero-order valence-electron chi connectivity index (χ0n) is 16.7. The van der Waals surface area contributed by atoms with Gasteiger partial charge in [-0.15, -0.1) is 6.58 Å². The number of amides is 1. The maximum absolute atomic E-state index is 11.7. The van der Waals surface area contributed by atoms with Crippen LogP contribution in [0.15, 0.2) is 36.9 Å². The number of para-hydroxylation sites is 1. The van der Waals surface area contributed by atoms with Gasteiger partial charge in [0.05, 0.1) is 11.5 Å². The SMILES string of the molecule is C=CCCCCCCCCCONC(=O)OCC(C)c1ccccc1[N+](=O)[O-]. The van der Waals surface area contributed by atoms with Crippen molar-refractivity contribution in [1.82, 2.24) is 5.48 Å². The standard InChI is InChI=1S/C21H32N2O5/c1-3-4-5-6-7-8-9-10-13-16-28-22-21(24)27-17-18(2)19-14-11-12-15-20(19)23(25)26/h3,11-12,14-15,18H,1,4-10,13,16-17H2,2H3,(H,22,24). The van der Waals surface area contributed by atoms with Crippen LogP contribution in [0.2, 0.25) is 0 Å². The van der Waals surface area contributed by atoms with Crippen LogP contribution in [0, 0.1) is 10.1 Å². The van der Waals surface area contributed by atoms with Gasteiger partial charge in [0, 0.05) is 17.5 Å². The highest BCUT2D eigenvalue weighted by atomic mass is 16.7. The van der Waals surface area contributed by atoms with Crippen LogP contribution < -0.4 is 5.48 Å². The number of nitrogens with one attached hydrogen (secondary N) is 1. The average molecular weight is 392 g/mol. The lowest BCUT2D eigenvalue weighted by Gasteiger charge is -2.13. The molecule has 0 fully saturated rings. The first-order valence-electron chi connectivity index (χ1n) is 9.95. The van der Waals surface area contributed by atoms with Crippen LogP contribution in [0.3, 0.4) is 0 Å². The van der Waals surface area contributed by atoms with Gasteiger partial charge in [0.15, 0.2) is 0 Å². The van der Waals surface area contributed by atoms with Gasteiger partial charge in [0.2, 0.25) is 0 Å². The Morgan fingerprint density at radius 3 is 2.50 bits per heavy atom. The van der Waals surface area contributed by atoms with Crippen molar-refractivity contribution < 1.29 is 19.3 Å². The lowest BCUT2D eigenvalue weighted by molar-refractivity contribution is -0.385. The van der Waals surface area contributed by atoms with Crippen LogP contribution in [-0.4, -0.2) is 24.2 Å². The maximum atomic E-state index is 11.7. The molecule has 1 rings (SSSR count). The molecular formula is C21H32N2O5. The first-order chi connectivity index (χ1) is 13.6. The molecule has 1 atom stereocenters. The molecule has 28 heavy (non-hydrogen) atoms. The molecule has 156 valence electrons. The molecule has 7 nitrogen and oxygen atoms in total. The summed E-state index contributed by atoms with van der Waals surface area (Å²) in [6.07, 6.45) is 10.4. The van der Waals surface area contributed by atoms with Gasteiger partial charge in [-0.05, 0) is 19.3 Å². The number of hydrogen-bond acceptors (Lipinski definition) is 5. The molecule has 0 saturated carbocycles. The van der Waals surface area contributed by atoms with Crippen LogP contribution in [0.1, 0.15) is 69.8 Å². The third-order valence-electron chi connectivity index (χ3n) is 4.44. The first-order valence-corrected chi connectivity index (χ1v) is 9.95. The van der Waals surface area contributed by atoms with Crippen molar-refractivity contribution in [3.05, 3.63) is 52.6 Å². The van der Waals surface area contributed by atoms with E-state index >= 15 is 0 Å². The molecule has 0 bridgehead atoms. The number of nitro benzene ring substituents is 1. The highest BCUT2D eigenvalue weighted by molar-refractivity contribution is 5.65. The zero-order valence-corrected chi connectivity index (χ0v) is 16.7. The van der Waals surface area contributed by atoms with Crippen LogP contribution in [0.4, 0.5) is 10.5 Å². The molecule has 0 aromatic heterocycles. The van der Waals surface area contributed by atoms with E-state index in [1.165, 1.54) is 31.7 Å². The van der Waals surface area contributed by atoms with Crippen molar-refractivity contribution in [3.63, 3.8) is 0 Å². The second kappa shape index (κ2) is 14.6. The van der Waals surface area contributed by atoms with E-state index in [4.69, 9.17) is 9.57 Å². The highest BCUT2D eigenvalue weighted by Crippen LogP contribution is 2.26. The third kappa shape index (κ3) is 10.1. The van der Waals surface area contributed by atoms with Crippen LogP contribution in [-0.2, 0) is 9.57 Å². The van der Waals surface area contributed by atoms with Gasteiger partial charge in [-0.25, -0.2) is 4.79 Å². The lowest BCUT2D eigenvalue weighted by Crippen LogP contribution is -2.26. The van der Waals surface area contributed by atoms with E-state index in [9.17, 15) is 14.9 Å². The molecule has 0 spiro atoms. The summed E-state index contributed by atoms with van der Waals surface area (Å²) in [4.78, 5) is 27.4. The number of nitrogens with zero attached hydrogens (tertiary/aromatic N) is 1. The molecule has 7 heteroatoms. The molecular weight excluding hydrogens is 360 g/mol. The molecule has 1 amide bonds. The van der Waals surface area contributed by atoms with Gasteiger partial charge in [-0.1, -0.05) is 63.3 Å². The number of allylic oxidation sites excluding steroid dienone is 1. The summed E-state index contributed by atoms with van der Waals surface area (Å²) in [6.45, 7) is 5.96. The van der Waals surface area contributed by atoms with E-state index in [0.29, 0.717) is 12.2 Å². The summed E-state index contributed by atoms with van der Waals surface area (Å²) >= 11 is 0. The number of carbonyl (C=O) groups is 1. The quantitative estimate of drug-likeness (QED) is 0.180. The summed E-state index contributed by atoms with van der Waals surface area (Å²) in [5, 5.41) is 11.1. The predicted molar refractivity (Wildman–Crippen MR) is 109 cm³/mol. The Kier molecular flexibility index (Phi) is 12.3. The van der Waals surface area contributed by atoms with Crippen molar-refractivity contribution in [2.45, 2.75) is 64.2 Å². The Labute approximate surface area is 167 Å². The van der Waals surface area contributed by atoms with Crippen LogP contribution in [0.5, 0.6) is 0 Å². The van der Waals surface area contributed by atoms with Crippen molar-refractivity contribution in [3.8, 4) is 0 Å². The molecule has 0 saturated heterocycles. The monoisotopic (exact) mass is 392 g/mol. The molecule has 1 N–H and O–H groups in total. The normalized spacial score (nSPS) is 11.6. The summed E-state index contributed by atoms with van der Waals surface area (Å²) in [7, 11) is 0. The van der Waals surface area contributed by atoms with Crippen molar-refractivity contribution in [2.75, 3.05) is 13.2 Å². The lowest BCUT2D eigenvalue weighted by atomic mass is 10.0. The average Bonchev–Trinajstić information content (AvgIpc) is 2.70. The molecule has 1 unspecified atom stereocenters. The number of hydrogen-bond donors (Lipinski definition) is 1. The second-order valence-electron chi connectivity index (χ2n) is 6.82. The Bertz CT molecular complexity index is 606. The van der Waals surface area contributed by atoms with Gasteiger partial charge in [-0.3, -0.25) is 15.0 Å². The number of benzene rings is 1. The number of hydroxylamine groups is 1. The van der Waals surface area contributed by atoms with Crippen molar-refractivity contribution in [1.29, 1.82) is 0 Å². The largest absolute Gasteiger partial charge is 0.447 e. The number of unbranched alkanes of at least 4 members (excludes halogenated alkanes) is 7. The minimum atomic E-state index is -0.687. The molecule has 1 aromatic carbocycles. The van der Waals surface area contributed by atoms with Gasteiger partial charge >= 0.3 is 6.09 Å². The summed E-state index contributed by atoms with van der Waals surface area (Å²) < 4.78 is 5.08. The van der Waals surface area contributed by atoms with E-state index in [1.54, 1.807) is 25.1 Å². The molecule has 0 heterocycles. The topological polar surface area (TPSA) is 90.7 Å². The fraction of sp³-hybridized carbons (Fsp3) is 0.571. The smallest absolute Gasteiger partial charge is 0.431 e. The fourth-order valence-corrected chi connectivity index (χ4v) is 2.85. The number of ether oxygens (including phenoxy) is 1.